The second-order valence-electron chi connectivity index (χ2n) is 8.38. The Kier molecular flexibility index (Phi) is 8.51. The number of hydrogen-bond donors (Lipinski definition) is 1. The van der Waals surface area contributed by atoms with Crippen molar-refractivity contribution in [1.29, 1.82) is 0 Å². The molecular weight excluding hydrogens is 422 g/mol. The average Bonchev–Trinajstić information content (AvgIpc) is 2.65. The highest BCUT2D eigenvalue weighted by Crippen LogP contribution is 2.32. The molecule has 0 bridgehead atoms. The van der Waals surface area contributed by atoms with Crippen LogP contribution >= 0.6 is 11.6 Å². The van der Waals surface area contributed by atoms with Crippen molar-refractivity contribution < 1.29 is 23.5 Å². The Labute approximate surface area is 187 Å². The van der Waals surface area contributed by atoms with Crippen LogP contribution in [0, 0.1) is 0 Å². The Morgan fingerprint density at radius 3 is 2.48 bits per heavy atom. The minimum Gasteiger partial charge on any atom is -0.444 e. The number of fused-ring (bicyclic) bond motifs is 1. The van der Waals surface area contributed by atoms with E-state index in [1.807, 2.05) is 6.92 Å². The molecule has 1 unspecified atom stereocenters. The van der Waals surface area contributed by atoms with Gasteiger partial charge in [-0.1, -0.05) is 38.3 Å². The van der Waals surface area contributed by atoms with Gasteiger partial charge in [-0.2, -0.15) is 0 Å². The number of esters is 1. The molecule has 1 aromatic carbocycles. The predicted molar refractivity (Wildman–Crippen MR) is 120 cm³/mol. The molecule has 1 aromatic heterocycles. The summed E-state index contributed by atoms with van der Waals surface area (Å²) >= 11 is 6.36. The van der Waals surface area contributed by atoms with Crippen molar-refractivity contribution in [2.24, 2.45) is 0 Å². The van der Waals surface area contributed by atoms with Crippen LogP contribution in [0.25, 0.3) is 11.0 Å². The summed E-state index contributed by atoms with van der Waals surface area (Å²) in [5, 5.41) is 3.45. The van der Waals surface area contributed by atoms with E-state index < -0.39 is 29.3 Å². The van der Waals surface area contributed by atoms with E-state index in [2.05, 4.69) is 12.2 Å². The summed E-state index contributed by atoms with van der Waals surface area (Å²) in [4.78, 5) is 36.8. The van der Waals surface area contributed by atoms with Crippen molar-refractivity contribution in [3.05, 3.63) is 39.2 Å². The maximum atomic E-state index is 12.7. The number of hydrogen-bond acceptors (Lipinski definition) is 6. The molecule has 0 aliphatic heterocycles. The molecule has 8 heteroatoms. The Morgan fingerprint density at radius 2 is 1.87 bits per heavy atom. The van der Waals surface area contributed by atoms with Crippen LogP contribution in [0.5, 0.6) is 5.75 Å². The smallest absolute Gasteiger partial charge is 0.408 e. The third-order valence-corrected chi connectivity index (χ3v) is 4.74. The van der Waals surface area contributed by atoms with Crippen molar-refractivity contribution in [2.75, 3.05) is 0 Å². The van der Waals surface area contributed by atoms with Gasteiger partial charge in [0, 0.05) is 17.5 Å². The number of carbonyl (C=O) groups is 2. The van der Waals surface area contributed by atoms with Crippen LogP contribution in [0.1, 0.15) is 65.9 Å². The van der Waals surface area contributed by atoms with E-state index >= 15 is 0 Å². The lowest BCUT2D eigenvalue weighted by Crippen LogP contribution is -2.45. The maximum Gasteiger partial charge on any atom is 0.408 e. The summed E-state index contributed by atoms with van der Waals surface area (Å²) in [5.41, 5.74) is -0.0469. The summed E-state index contributed by atoms with van der Waals surface area (Å²) in [6.45, 7) is 9.15. The number of rotatable bonds is 8. The quantitative estimate of drug-likeness (QED) is 0.328. The zero-order valence-electron chi connectivity index (χ0n) is 18.7. The number of ether oxygens (including phenoxy) is 2. The summed E-state index contributed by atoms with van der Waals surface area (Å²) in [6.07, 6.45) is 2.90. The van der Waals surface area contributed by atoms with E-state index in [0.717, 1.165) is 18.4 Å². The van der Waals surface area contributed by atoms with E-state index in [9.17, 15) is 14.4 Å². The van der Waals surface area contributed by atoms with Gasteiger partial charge in [0.15, 0.2) is 5.75 Å². The summed E-state index contributed by atoms with van der Waals surface area (Å²) < 4.78 is 16.0. The molecule has 2 aromatic rings. The Morgan fingerprint density at radius 1 is 1.16 bits per heavy atom. The number of benzene rings is 1. The maximum absolute atomic E-state index is 12.7. The molecule has 1 amide bonds. The Balaban J connectivity index is 2.27. The average molecular weight is 452 g/mol. The Bertz CT molecular complexity index is 992. The fourth-order valence-corrected chi connectivity index (χ4v) is 3.25. The van der Waals surface area contributed by atoms with Gasteiger partial charge in [-0.25, -0.2) is 14.4 Å². The molecule has 31 heavy (non-hydrogen) atoms. The molecule has 0 saturated carbocycles. The number of alkyl carbamates (subject to hydrolysis) is 1. The molecule has 2 rings (SSSR count). The standard InChI is InChI=1S/C23H30ClNO6/c1-6-8-10-14-11-20(26)29-18-13-19(16(24)12-15(14)18)30-21(27)17(9-7-2)25-22(28)31-23(3,4)5/h11-13,17H,6-10H2,1-5H3,(H,25,28). The summed E-state index contributed by atoms with van der Waals surface area (Å²) in [7, 11) is 0. The Hall–Kier alpha value is -2.54. The highest BCUT2D eigenvalue weighted by molar-refractivity contribution is 6.33. The van der Waals surface area contributed by atoms with E-state index in [4.69, 9.17) is 25.5 Å². The summed E-state index contributed by atoms with van der Waals surface area (Å²) in [5.74, 6) is -0.625. The first-order chi connectivity index (χ1) is 14.5. The van der Waals surface area contributed by atoms with Gasteiger partial charge in [0.2, 0.25) is 0 Å². The van der Waals surface area contributed by atoms with Crippen molar-refractivity contribution >= 4 is 34.6 Å². The zero-order chi connectivity index (χ0) is 23.2. The second kappa shape index (κ2) is 10.7. The number of amides is 1. The molecule has 7 nitrogen and oxygen atoms in total. The fourth-order valence-electron chi connectivity index (χ4n) is 3.05. The van der Waals surface area contributed by atoms with Crippen molar-refractivity contribution in [2.45, 2.75) is 78.4 Å². The van der Waals surface area contributed by atoms with Crippen LogP contribution in [0.3, 0.4) is 0 Å². The molecule has 170 valence electrons. The van der Waals surface area contributed by atoms with Gasteiger partial charge in [-0.15, -0.1) is 0 Å². The van der Waals surface area contributed by atoms with Crippen LogP contribution in [0.2, 0.25) is 5.02 Å². The highest BCUT2D eigenvalue weighted by Gasteiger charge is 2.26. The molecule has 1 heterocycles. The van der Waals surface area contributed by atoms with Gasteiger partial charge in [-0.05, 0) is 51.7 Å². The molecule has 1 atom stereocenters. The first-order valence-corrected chi connectivity index (χ1v) is 10.9. The molecule has 0 spiro atoms. The topological polar surface area (TPSA) is 94.8 Å². The van der Waals surface area contributed by atoms with Gasteiger partial charge in [0.1, 0.15) is 17.2 Å². The zero-order valence-corrected chi connectivity index (χ0v) is 19.4. The van der Waals surface area contributed by atoms with Crippen LogP contribution in [-0.4, -0.2) is 23.7 Å². The van der Waals surface area contributed by atoms with E-state index in [-0.39, 0.29) is 16.4 Å². The molecule has 0 aliphatic rings. The lowest BCUT2D eigenvalue weighted by atomic mass is 10.0. The van der Waals surface area contributed by atoms with Gasteiger partial charge in [0.05, 0.1) is 5.02 Å². The third kappa shape index (κ3) is 7.28. The molecule has 0 fully saturated rings. The SMILES string of the molecule is CCCCc1cc(=O)oc2cc(OC(=O)C(CCC)NC(=O)OC(C)(C)C)c(Cl)cc12. The third-order valence-electron chi connectivity index (χ3n) is 4.45. The van der Waals surface area contributed by atoms with Crippen molar-refractivity contribution in [1.82, 2.24) is 5.32 Å². The van der Waals surface area contributed by atoms with Crippen LogP contribution in [-0.2, 0) is 16.0 Å². The lowest BCUT2D eigenvalue weighted by molar-refractivity contribution is -0.137. The van der Waals surface area contributed by atoms with Crippen LogP contribution in [0.4, 0.5) is 4.79 Å². The minimum atomic E-state index is -0.908. The number of carbonyl (C=O) groups excluding carboxylic acids is 2. The fraction of sp³-hybridized carbons (Fsp3) is 0.522. The normalized spacial score (nSPS) is 12.5. The van der Waals surface area contributed by atoms with Crippen molar-refractivity contribution in [3.8, 4) is 5.75 Å². The van der Waals surface area contributed by atoms with E-state index in [1.165, 1.54) is 12.1 Å². The van der Waals surface area contributed by atoms with Crippen LogP contribution in [0.15, 0.2) is 27.4 Å². The molecule has 0 saturated heterocycles. The lowest BCUT2D eigenvalue weighted by Gasteiger charge is -2.22. The van der Waals surface area contributed by atoms with Gasteiger partial charge >= 0.3 is 17.7 Å². The van der Waals surface area contributed by atoms with Gasteiger partial charge in [-0.3, -0.25) is 0 Å². The first kappa shape index (κ1) is 24.7. The number of halogens is 1. The first-order valence-electron chi connectivity index (χ1n) is 10.5. The molecular formula is C23H30ClNO6. The molecule has 0 aliphatic carbocycles. The largest absolute Gasteiger partial charge is 0.444 e. The number of unbranched alkanes of at least 4 members (excludes halogenated alkanes) is 1. The van der Waals surface area contributed by atoms with E-state index in [0.29, 0.717) is 24.6 Å². The van der Waals surface area contributed by atoms with Gasteiger partial charge in [0.25, 0.3) is 0 Å². The second-order valence-corrected chi connectivity index (χ2v) is 8.79. The molecule has 0 radical (unpaired) electrons. The van der Waals surface area contributed by atoms with Gasteiger partial charge < -0.3 is 19.2 Å². The molecule has 1 N–H and O–H groups in total. The predicted octanol–water partition coefficient (Wildman–Crippen LogP) is 5.39. The number of nitrogens with one attached hydrogen (secondary N) is 1. The van der Waals surface area contributed by atoms with E-state index in [1.54, 1.807) is 26.8 Å². The minimum absolute atomic E-state index is 0.0575. The summed E-state index contributed by atoms with van der Waals surface area (Å²) in [6, 6.07) is 3.61. The monoisotopic (exact) mass is 451 g/mol. The van der Waals surface area contributed by atoms with Crippen LogP contribution < -0.4 is 15.7 Å². The number of aryl methyl sites for hydroxylation is 1. The van der Waals surface area contributed by atoms with Crippen molar-refractivity contribution in [3.63, 3.8) is 0 Å². The highest BCUT2D eigenvalue weighted by atomic mass is 35.5.